The SMILES string of the molecule is O=C(O)Oc1cc2c(cc1OC(=O)O)C(=O)c1ccccc1C2=O. The molecule has 2 aromatic rings. The smallest absolute Gasteiger partial charge is 0.449 e. The minimum Gasteiger partial charge on any atom is -0.449 e. The first kappa shape index (κ1) is 15.2. The molecule has 24 heavy (non-hydrogen) atoms. The van der Waals surface area contributed by atoms with E-state index in [1.54, 1.807) is 12.1 Å². The molecule has 8 heteroatoms. The van der Waals surface area contributed by atoms with E-state index in [4.69, 9.17) is 10.2 Å². The third kappa shape index (κ3) is 2.45. The second-order valence-electron chi connectivity index (χ2n) is 4.78. The number of benzene rings is 2. The number of rotatable bonds is 2. The molecule has 0 saturated heterocycles. The van der Waals surface area contributed by atoms with Crippen LogP contribution in [0.5, 0.6) is 11.5 Å². The van der Waals surface area contributed by atoms with Crippen molar-refractivity contribution in [1.82, 2.24) is 0 Å². The van der Waals surface area contributed by atoms with Gasteiger partial charge in [-0.15, -0.1) is 0 Å². The van der Waals surface area contributed by atoms with Crippen molar-refractivity contribution in [1.29, 1.82) is 0 Å². The van der Waals surface area contributed by atoms with E-state index in [1.807, 2.05) is 0 Å². The van der Waals surface area contributed by atoms with E-state index in [9.17, 15) is 19.2 Å². The average molecular weight is 328 g/mol. The van der Waals surface area contributed by atoms with Crippen LogP contribution in [0.3, 0.4) is 0 Å². The maximum absolute atomic E-state index is 12.5. The van der Waals surface area contributed by atoms with E-state index in [0.717, 1.165) is 12.1 Å². The molecular weight excluding hydrogens is 320 g/mol. The van der Waals surface area contributed by atoms with E-state index in [0.29, 0.717) is 0 Å². The van der Waals surface area contributed by atoms with Crippen LogP contribution in [0.15, 0.2) is 36.4 Å². The van der Waals surface area contributed by atoms with Crippen LogP contribution in [0.1, 0.15) is 31.8 Å². The minimum atomic E-state index is -1.72. The second kappa shape index (κ2) is 5.51. The number of fused-ring (bicyclic) bond motifs is 2. The van der Waals surface area contributed by atoms with Gasteiger partial charge in [-0.25, -0.2) is 9.59 Å². The number of carboxylic acid groups (broad SMARTS) is 2. The van der Waals surface area contributed by atoms with Crippen molar-refractivity contribution < 1.29 is 38.9 Å². The molecular formula is C16H8O8. The maximum Gasteiger partial charge on any atom is 0.511 e. The molecule has 0 unspecified atom stereocenters. The van der Waals surface area contributed by atoms with Crippen LogP contribution in [0, 0.1) is 0 Å². The normalized spacial score (nSPS) is 12.2. The molecule has 2 aromatic carbocycles. The van der Waals surface area contributed by atoms with E-state index < -0.39 is 35.4 Å². The second-order valence-corrected chi connectivity index (χ2v) is 4.78. The molecule has 0 atom stereocenters. The Kier molecular flexibility index (Phi) is 3.49. The lowest BCUT2D eigenvalue weighted by molar-refractivity contribution is 0.0977. The van der Waals surface area contributed by atoms with E-state index >= 15 is 0 Å². The average Bonchev–Trinajstić information content (AvgIpc) is 2.53. The van der Waals surface area contributed by atoms with E-state index in [-0.39, 0.29) is 22.3 Å². The van der Waals surface area contributed by atoms with E-state index in [1.165, 1.54) is 12.1 Å². The highest BCUT2D eigenvalue weighted by molar-refractivity contribution is 6.28. The van der Waals surface area contributed by atoms with Gasteiger partial charge in [-0.2, -0.15) is 0 Å². The topological polar surface area (TPSA) is 127 Å². The number of carbonyl (C=O) groups excluding carboxylic acids is 2. The predicted octanol–water partition coefficient (Wildman–Crippen LogP) is 2.58. The number of hydrogen-bond donors (Lipinski definition) is 2. The van der Waals surface area contributed by atoms with Gasteiger partial charge in [-0.3, -0.25) is 9.59 Å². The highest BCUT2D eigenvalue weighted by atomic mass is 16.7. The van der Waals surface area contributed by atoms with Gasteiger partial charge in [0.2, 0.25) is 0 Å². The summed E-state index contributed by atoms with van der Waals surface area (Å²) in [6.07, 6.45) is -3.44. The molecule has 1 aliphatic rings. The lowest BCUT2D eigenvalue weighted by Crippen LogP contribution is -2.21. The van der Waals surface area contributed by atoms with Crippen LogP contribution >= 0.6 is 0 Å². The van der Waals surface area contributed by atoms with Crippen molar-refractivity contribution in [3.8, 4) is 11.5 Å². The monoisotopic (exact) mass is 328 g/mol. The van der Waals surface area contributed by atoms with Gasteiger partial charge in [0.05, 0.1) is 0 Å². The van der Waals surface area contributed by atoms with Crippen LogP contribution in [-0.4, -0.2) is 34.1 Å². The van der Waals surface area contributed by atoms with Crippen LogP contribution in [0.2, 0.25) is 0 Å². The zero-order valence-electron chi connectivity index (χ0n) is 11.8. The summed E-state index contributed by atoms with van der Waals surface area (Å²) in [5.41, 5.74) is 0.159. The standard InChI is InChI=1S/C16H8O8/c17-13-7-3-1-2-4-8(7)14(18)10-6-12(24-16(21)22)11(5-9(10)13)23-15(19)20/h1-6H,(H,19,20)(H,21,22). The Morgan fingerprint density at radius 1 is 0.708 bits per heavy atom. The van der Waals surface area contributed by atoms with Crippen molar-refractivity contribution in [3.05, 3.63) is 58.7 Å². The molecule has 8 nitrogen and oxygen atoms in total. The van der Waals surface area contributed by atoms with Crippen LogP contribution in [0.4, 0.5) is 9.59 Å². The van der Waals surface area contributed by atoms with Crippen LogP contribution in [0.25, 0.3) is 0 Å². The fourth-order valence-electron chi connectivity index (χ4n) is 2.45. The van der Waals surface area contributed by atoms with Crippen molar-refractivity contribution >= 4 is 23.9 Å². The van der Waals surface area contributed by atoms with Crippen molar-refractivity contribution in [3.63, 3.8) is 0 Å². The Bertz CT molecular complexity index is 838. The van der Waals surface area contributed by atoms with Gasteiger partial charge in [-0.1, -0.05) is 24.3 Å². The predicted molar refractivity (Wildman–Crippen MR) is 77.1 cm³/mol. The summed E-state index contributed by atoms with van der Waals surface area (Å²) in [4.78, 5) is 46.5. The molecule has 0 saturated carbocycles. The Labute approximate surface area is 133 Å². The zero-order valence-corrected chi connectivity index (χ0v) is 11.8. The first-order chi connectivity index (χ1) is 11.4. The molecule has 120 valence electrons. The summed E-state index contributed by atoms with van der Waals surface area (Å²) in [7, 11) is 0. The quantitative estimate of drug-likeness (QED) is 0.542. The fourth-order valence-corrected chi connectivity index (χ4v) is 2.45. The van der Waals surface area contributed by atoms with Gasteiger partial charge >= 0.3 is 12.3 Å². The molecule has 0 heterocycles. The van der Waals surface area contributed by atoms with Gasteiger partial charge in [-0.05, 0) is 12.1 Å². The van der Waals surface area contributed by atoms with Gasteiger partial charge in [0.25, 0.3) is 0 Å². The maximum atomic E-state index is 12.5. The first-order valence-corrected chi connectivity index (χ1v) is 6.56. The molecule has 0 fully saturated rings. The van der Waals surface area contributed by atoms with Gasteiger partial charge in [0.1, 0.15) is 0 Å². The largest absolute Gasteiger partial charge is 0.511 e. The first-order valence-electron chi connectivity index (χ1n) is 6.56. The zero-order chi connectivity index (χ0) is 17.4. The van der Waals surface area contributed by atoms with Crippen molar-refractivity contribution in [2.75, 3.05) is 0 Å². The highest BCUT2D eigenvalue weighted by Gasteiger charge is 2.32. The number of ketones is 2. The molecule has 3 rings (SSSR count). The molecule has 0 aromatic heterocycles. The Hall–Kier alpha value is -3.68. The van der Waals surface area contributed by atoms with Crippen molar-refractivity contribution in [2.45, 2.75) is 0 Å². The van der Waals surface area contributed by atoms with E-state index in [2.05, 4.69) is 9.47 Å². The fraction of sp³-hybridized carbons (Fsp3) is 0. The van der Waals surface area contributed by atoms with Crippen molar-refractivity contribution in [2.24, 2.45) is 0 Å². The number of ether oxygens (including phenoxy) is 2. The third-order valence-electron chi connectivity index (χ3n) is 3.38. The Balaban J connectivity index is 2.21. The van der Waals surface area contributed by atoms with Gasteiger partial charge in [0, 0.05) is 22.3 Å². The molecule has 0 bridgehead atoms. The lowest BCUT2D eigenvalue weighted by atomic mass is 9.84. The summed E-state index contributed by atoms with van der Waals surface area (Å²) in [6.45, 7) is 0. The minimum absolute atomic E-state index is 0.0901. The lowest BCUT2D eigenvalue weighted by Gasteiger charge is -2.19. The molecule has 0 spiro atoms. The molecule has 0 amide bonds. The van der Waals surface area contributed by atoms with Crippen LogP contribution in [-0.2, 0) is 0 Å². The highest BCUT2D eigenvalue weighted by Crippen LogP contribution is 2.36. The van der Waals surface area contributed by atoms with Gasteiger partial charge < -0.3 is 19.7 Å². The number of hydrogen-bond acceptors (Lipinski definition) is 6. The summed E-state index contributed by atoms with van der Waals surface area (Å²) in [5.74, 6) is -2.00. The summed E-state index contributed by atoms with van der Waals surface area (Å²) < 4.78 is 8.90. The third-order valence-corrected chi connectivity index (χ3v) is 3.38. The summed E-state index contributed by atoms with van der Waals surface area (Å²) >= 11 is 0. The summed E-state index contributed by atoms with van der Waals surface area (Å²) in [5, 5.41) is 17.5. The molecule has 0 radical (unpaired) electrons. The molecule has 0 aliphatic heterocycles. The molecule has 1 aliphatic carbocycles. The van der Waals surface area contributed by atoms with Gasteiger partial charge in [0.15, 0.2) is 23.1 Å². The Morgan fingerprint density at radius 3 is 1.42 bits per heavy atom. The van der Waals surface area contributed by atoms with Crippen LogP contribution < -0.4 is 9.47 Å². The Morgan fingerprint density at radius 2 is 1.08 bits per heavy atom. The number of carbonyl (C=O) groups is 4. The summed E-state index contributed by atoms with van der Waals surface area (Å²) in [6, 6.07) is 8.09. The molecule has 2 N–H and O–H groups in total.